The second-order valence-electron chi connectivity index (χ2n) is 7.17. The van der Waals surface area contributed by atoms with E-state index >= 15 is 0 Å². The molecule has 0 spiro atoms. The number of hydrogen-bond donors (Lipinski definition) is 0. The first-order valence-corrected chi connectivity index (χ1v) is 11.1. The van der Waals surface area contributed by atoms with Crippen LogP contribution in [0.1, 0.15) is 11.3 Å². The zero-order valence-electron chi connectivity index (χ0n) is 18.7. The van der Waals surface area contributed by atoms with Gasteiger partial charge in [0.1, 0.15) is 5.69 Å². The first-order chi connectivity index (χ1) is 16.0. The summed E-state index contributed by atoms with van der Waals surface area (Å²) in [6.45, 7) is 1.80. The summed E-state index contributed by atoms with van der Waals surface area (Å²) in [5.74, 6) is 1.15. The molecule has 3 aromatic rings. The highest BCUT2D eigenvalue weighted by molar-refractivity contribution is 8.15. The van der Waals surface area contributed by atoms with Crippen molar-refractivity contribution in [2.45, 2.75) is 6.92 Å². The van der Waals surface area contributed by atoms with E-state index in [1.807, 2.05) is 36.4 Å². The second-order valence-corrected chi connectivity index (χ2v) is 8.11. The summed E-state index contributed by atoms with van der Waals surface area (Å²) < 4.78 is 13.8. The molecule has 1 fully saturated rings. The van der Waals surface area contributed by atoms with Gasteiger partial charge in [-0.2, -0.15) is 5.10 Å². The summed E-state index contributed by atoms with van der Waals surface area (Å²) in [4.78, 5) is 27.4. The fraction of sp³-hybridized carbons (Fsp3) is 0.217. The Bertz CT molecular complexity index is 1310. The van der Waals surface area contributed by atoms with Crippen LogP contribution in [0.25, 0.3) is 5.69 Å². The highest BCUT2D eigenvalue weighted by Gasteiger charge is 2.35. The van der Waals surface area contributed by atoms with Gasteiger partial charge < -0.3 is 9.47 Å². The third-order valence-electron chi connectivity index (χ3n) is 5.27. The van der Waals surface area contributed by atoms with Crippen LogP contribution in [0.3, 0.4) is 0 Å². The Labute approximate surface area is 194 Å². The highest BCUT2D eigenvalue weighted by atomic mass is 32.2. The Balaban J connectivity index is 1.69. The summed E-state index contributed by atoms with van der Waals surface area (Å²) in [6, 6.07) is 14.6. The smallest absolute Gasteiger partial charge is 0.296 e. The van der Waals surface area contributed by atoms with Gasteiger partial charge in [-0.15, -0.1) is 5.10 Å². The van der Waals surface area contributed by atoms with Gasteiger partial charge in [0.2, 0.25) is 5.91 Å². The number of amidine groups is 1. The molecule has 0 radical (unpaired) electrons. The van der Waals surface area contributed by atoms with Crippen LogP contribution >= 0.6 is 11.8 Å². The van der Waals surface area contributed by atoms with Crippen molar-refractivity contribution in [3.63, 3.8) is 0 Å². The first-order valence-electron chi connectivity index (χ1n) is 10.1. The van der Waals surface area contributed by atoms with Gasteiger partial charge in [-0.1, -0.05) is 30.0 Å². The molecule has 10 heteroatoms. The van der Waals surface area contributed by atoms with E-state index in [4.69, 9.17) is 9.47 Å². The summed E-state index contributed by atoms with van der Waals surface area (Å²) in [6.07, 6.45) is 1.55. The molecule has 2 heterocycles. The number of ether oxygens (including phenoxy) is 2. The van der Waals surface area contributed by atoms with Crippen LogP contribution in [0.5, 0.6) is 11.5 Å². The Kier molecular flexibility index (Phi) is 6.36. The highest BCUT2D eigenvalue weighted by Crippen LogP contribution is 2.29. The lowest BCUT2D eigenvalue weighted by molar-refractivity contribution is -0.115. The fourth-order valence-electron chi connectivity index (χ4n) is 3.55. The molecule has 0 aliphatic carbocycles. The van der Waals surface area contributed by atoms with Crippen molar-refractivity contribution in [2.75, 3.05) is 24.9 Å². The molecule has 4 rings (SSSR count). The molecule has 1 aliphatic rings. The van der Waals surface area contributed by atoms with Crippen molar-refractivity contribution in [3.05, 3.63) is 70.1 Å². The van der Waals surface area contributed by atoms with E-state index in [0.717, 1.165) is 5.56 Å². The molecule has 0 atom stereocenters. The zero-order valence-corrected chi connectivity index (χ0v) is 19.5. The van der Waals surface area contributed by atoms with Crippen molar-refractivity contribution in [3.8, 4) is 17.2 Å². The Morgan fingerprint density at radius 3 is 2.45 bits per heavy atom. The lowest BCUT2D eigenvalue weighted by Crippen LogP contribution is -2.34. The molecular weight excluding hydrogens is 442 g/mol. The summed E-state index contributed by atoms with van der Waals surface area (Å²) >= 11 is 1.24. The SMILES string of the molecule is COc1ccc(/C=N\N=C2\SCC(=O)N2c2c(C)n(C)n(-c3ccccc3)c2=O)cc1OC. The molecule has 1 saturated heterocycles. The maximum Gasteiger partial charge on any atom is 0.296 e. The van der Waals surface area contributed by atoms with Gasteiger partial charge in [-0.25, -0.2) is 9.58 Å². The predicted molar refractivity (Wildman–Crippen MR) is 130 cm³/mol. The number of carbonyl (C=O) groups excluding carboxylic acids is 1. The molecule has 0 N–H and O–H groups in total. The molecule has 9 nitrogen and oxygen atoms in total. The van der Waals surface area contributed by atoms with Crippen molar-refractivity contribution in [2.24, 2.45) is 17.3 Å². The van der Waals surface area contributed by atoms with Crippen LogP contribution in [0, 0.1) is 6.92 Å². The molecule has 33 heavy (non-hydrogen) atoms. The Hall–Kier alpha value is -3.79. The maximum absolute atomic E-state index is 13.3. The van der Waals surface area contributed by atoms with E-state index < -0.39 is 0 Å². The molecule has 1 aromatic heterocycles. The number of carbonyl (C=O) groups is 1. The zero-order chi connectivity index (χ0) is 23.5. The van der Waals surface area contributed by atoms with Gasteiger partial charge in [-0.3, -0.25) is 14.3 Å². The van der Waals surface area contributed by atoms with Gasteiger partial charge in [0, 0.05) is 7.05 Å². The topological polar surface area (TPSA) is 90.4 Å². The number of aromatic nitrogens is 2. The molecule has 0 bridgehead atoms. The summed E-state index contributed by atoms with van der Waals surface area (Å²) in [7, 11) is 4.91. The third-order valence-corrected chi connectivity index (χ3v) is 6.18. The number of hydrogen-bond acceptors (Lipinski definition) is 7. The first kappa shape index (κ1) is 22.4. The Morgan fingerprint density at radius 2 is 1.76 bits per heavy atom. The van der Waals surface area contributed by atoms with Gasteiger partial charge in [0.25, 0.3) is 5.56 Å². The number of nitrogens with zero attached hydrogens (tertiary/aromatic N) is 5. The predicted octanol–water partition coefficient (Wildman–Crippen LogP) is 2.97. The van der Waals surface area contributed by atoms with E-state index in [0.29, 0.717) is 28.0 Å². The molecule has 0 saturated carbocycles. The maximum atomic E-state index is 13.3. The van der Waals surface area contributed by atoms with Gasteiger partial charge in [0.05, 0.1) is 37.6 Å². The largest absolute Gasteiger partial charge is 0.493 e. The summed E-state index contributed by atoms with van der Waals surface area (Å²) in [5, 5.41) is 8.74. The second kappa shape index (κ2) is 9.37. The van der Waals surface area contributed by atoms with E-state index in [-0.39, 0.29) is 22.9 Å². The van der Waals surface area contributed by atoms with Gasteiger partial charge >= 0.3 is 0 Å². The van der Waals surface area contributed by atoms with E-state index in [9.17, 15) is 9.59 Å². The van der Waals surface area contributed by atoms with Crippen LogP contribution in [0.2, 0.25) is 0 Å². The van der Waals surface area contributed by atoms with Crippen LogP contribution in [0.15, 0.2) is 63.5 Å². The monoisotopic (exact) mass is 465 g/mol. The van der Waals surface area contributed by atoms with Crippen LogP contribution in [-0.2, 0) is 11.8 Å². The minimum absolute atomic E-state index is 0.184. The lowest BCUT2D eigenvalue weighted by Gasteiger charge is -2.13. The standard InChI is InChI=1S/C23H23N5O4S/c1-15-21(22(30)28(26(15)2)17-8-6-5-7-9-17)27-20(29)14-33-23(27)25-24-13-16-10-11-18(31-3)19(12-16)32-4/h5-13H,14H2,1-4H3/b24-13-,25-23+. The Morgan fingerprint density at radius 1 is 1.03 bits per heavy atom. The number of para-hydroxylation sites is 1. The average Bonchev–Trinajstić information content (AvgIpc) is 3.29. The number of thioether (sulfide) groups is 1. The van der Waals surface area contributed by atoms with Crippen molar-refractivity contribution >= 4 is 34.7 Å². The molecule has 1 amide bonds. The van der Waals surface area contributed by atoms with Gasteiger partial charge in [0.15, 0.2) is 16.7 Å². The number of rotatable bonds is 6. The third kappa shape index (κ3) is 4.17. The number of amides is 1. The quantitative estimate of drug-likeness (QED) is 0.412. The minimum atomic E-state index is -0.298. The van der Waals surface area contributed by atoms with E-state index in [1.165, 1.54) is 21.3 Å². The average molecular weight is 466 g/mol. The minimum Gasteiger partial charge on any atom is -0.493 e. The van der Waals surface area contributed by atoms with E-state index in [1.54, 1.807) is 51.2 Å². The number of benzene rings is 2. The number of methoxy groups -OCH3 is 2. The van der Waals surface area contributed by atoms with Crippen molar-refractivity contribution in [1.82, 2.24) is 9.36 Å². The normalized spacial score (nSPS) is 15.1. The van der Waals surface area contributed by atoms with E-state index in [2.05, 4.69) is 10.2 Å². The molecule has 170 valence electrons. The lowest BCUT2D eigenvalue weighted by atomic mass is 10.2. The fourth-order valence-corrected chi connectivity index (χ4v) is 4.35. The van der Waals surface area contributed by atoms with Crippen molar-refractivity contribution in [1.29, 1.82) is 0 Å². The number of anilines is 1. The molecule has 0 unspecified atom stereocenters. The summed E-state index contributed by atoms with van der Waals surface area (Å²) in [5.41, 5.74) is 2.09. The molecular formula is C23H23N5O4S. The van der Waals surface area contributed by atoms with Gasteiger partial charge in [-0.05, 0) is 42.8 Å². The van der Waals surface area contributed by atoms with Crippen LogP contribution in [0.4, 0.5) is 5.69 Å². The molecule has 1 aliphatic heterocycles. The van der Waals surface area contributed by atoms with Crippen LogP contribution in [-0.4, -0.2) is 46.6 Å². The van der Waals surface area contributed by atoms with Crippen molar-refractivity contribution < 1.29 is 14.3 Å². The molecule has 2 aromatic carbocycles. The van der Waals surface area contributed by atoms with Crippen LogP contribution < -0.4 is 19.9 Å².